The second kappa shape index (κ2) is 4.18. The fourth-order valence-electron chi connectivity index (χ4n) is 1.45. The molecule has 4 nitrogen and oxygen atoms in total. The van der Waals surface area contributed by atoms with Crippen LogP contribution in [0.5, 0.6) is 0 Å². The zero-order valence-corrected chi connectivity index (χ0v) is 9.24. The molecule has 0 aliphatic carbocycles. The van der Waals surface area contributed by atoms with Crippen LogP contribution < -0.4 is 5.56 Å². The maximum Gasteiger partial charge on any atom is 0.272 e. The van der Waals surface area contributed by atoms with E-state index in [0.717, 1.165) is 16.9 Å². The van der Waals surface area contributed by atoms with Crippen molar-refractivity contribution in [2.24, 2.45) is 4.99 Å². The highest BCUT2D eigenvalue weighted by Gasteiger charge is 2.02. The number of H-pyrrole nitrogens is 2. The van der Waals surface area contributed by atoms with Gasteiger partial charge in [0.05, 0.1) is 11.3 Å². The second-order valence-electron chi connectivity index (χ2n) is 3.66. The van der Waals surface area contributed by atoms with E-state index >= 15 is 0 Å². The molecule has 0 saturated carbocycles. The first-order valence-corrected chi connectivity index (χ1v) is 5.05. The number of benzene rings is 1. The number of aromatic amines is 2. The van der Waals surface area contributed by atoms with Crippen molar-refractivity contribution in [3.05, 3.63) is 51.4 Å². The fourth-order valence-corrected chi connectivity index (χ4v) is 1.45. The van der Waals surface area contributed by atoms with E-state index < -0.39 is 0 Å². The number of hydrogen-bond acceptors (Lipinski definition) is 2. The van der Waals surface area contributed by atoms with Crippen molar-refractivity contribution in [2.45, 2.75) is 13.8 Å². The van der Waals surface area contributed by atoms with Gasteiger partial charge in [0.2, 0.25) is 0 Å². The van der Waals surface area contributed by atoms with Gasteiger partial charge < -0.3 is 5.10 Å². The molecule has 2 rings (SSSR count). The third-order valence-corrected chi connectivity index (χ3v) is 2.46. The van der Waals surface area contributed by atoms with Crippen molar-refractivity contribution in [2.75, 3.05) is 0 Å². The van der Waals surface area contributed by atoms with E-state index in [9.17, 15) is 4.79 Å². The molecule has 0 bridgehead atoms. The van der Waals surface area contributed by atoms with Gasteiger partial charge in [0.25, 0.3) is 5.56 Å². The van der Waals surface area contributed by atoms with Gasteiger partial charge in [-0.3, -0.25) is 14.9 Å². The molecular formula is C12H13N3O. The van der Waals surface area contributed by atoms with Crippen molar-refractivity contribution in [1.29, 1.82) is 0 Å². The number of hydrogen-bond donors (Lipinski definition) is 2. The molecule has 0 unspecified atom stereocenters. The van der Waals surface area contributed by atoms with E-state index in [2.05, 4.69) is 15.2 Å². The summed E-state index contributed by atoms with van der Waals surface area (Å²) in [6, 6.07) is 7.79. The monoisotopic (exact) mass is 215 g/mol. The molecule has 0 amide bonds. The van der Waals surface area contributed by atoms with E-state index in [4.69, 9.17) is 0 Å². The van der Waals surface area contributed by atoms with E-state index in [-0.39, 0.29) is 5.56 Å². The molecule has 16 heavy (non-hydrogen) atoms. The van der Waals surface area contributed by atoms with Crippen LogP contribution in [0.1, 0.15) is 16.8 Å². The van der Waals surface area contributed by atoms with Crippen LogP contribution >= 0.6 is 0 Å². The van der Waals surface area contributed by atoms with Crippen LogP contribution in [0, 0.1) is 13.8 Å². The lowest BCUT2D eigenvalue weighted by Crippen LogP contribution is -2.04. The highest BCUT2D eigenvalue weighted by atomic mass is 16.1. The average molecular weight is 215 g/mol. The molecule has 2 N–H and O–H groups in total. The minimum absolute atomic E-state index is 0.144. The summed E-state index contributed by atoms with van der Waals surface area (Å²) in [7, 11) is 0. The van der Waals surface area contributed by atoms with Crippen molar-refractivity contribution in [1.82, 2.24) is 10.2 Å². The Morgan fingerprint density at radius 2 is 1.94 bits per heavy atom. The van der Waals surface area contributed by atoms with E-state index in [1.54, 1.807) is 6.21 Å². The summed E-state index contributed by atoms with van der Waals surface area (Å²) in [6.07, 6.45) is 1.59. The second-order valence-corrected chi connectivity index (χ2v) is 3.66. The summed E-state index contributed by atoms with van der Waals surface area (Å²) < 4.78 is 0. The zero-order valence-electron chi connectivity index (χ0n) is 9.24. The summed E-state index contributed by atoms with van der Waals surface area (Å²) in [5, 5.41) is 5.28. The van der Waals surface area contributed by atoms with Gasteiger partial charge in [0, 0.05) is 11.9 Å². The van der Waals surface area contributed by atoms with Crippen LogP contribution in [0.2, 0.25) is 0 Å². The number of nitrogens with zero attached hydrogens (tertiary/aromatic N) is 1. The largest absolute Gasteiger partial charge is 0.302 e. The molecule has 0 aliphatic heterocycles. The Bertz CT molecular complexity index is 578. The summed E-state index contributed by atoms with van der Waals surface area (Å²) in [4.78, 5) is 15.7. The number of nitrogens with one attached hydrogen (secondary N) is 2. The third kappa shape index (κ3) is 1.95. The lowest BCUT2D eigenvalue weighted by atomic mass is 10.2. The zero-order chi connectivity index (χ0) is 11.5. The number of aliphatic imine (C=N–C) groups is 1. The van der Waals surface area contributed by atoms with Crippen LogP contribution in [0.15, 0.2) is 34.1 Å². The maximum absolute atomic E-state index is 11.4. The Hall–Kier alpha value is -2.10. The lowest BCUT2D eigenvalue weighted by Gasteiger charge is -1.97. The molecular weight excluding hydrogens is 202 g/mol. The fraction of sp³-hybridized carbons (Fsp3) is 0.167. The van der Waals surface area contributed by atoms with Gasteiger partial charge in [-0.2, -0.15) is 0 Å². The minimum Gasteiger partial charge on any atom is -0.302 e. The highest BCUT2D eigenvalue weighted by Crippen LogP contribution is 2.16. The molecule has 1 heterocycles. The van der Waals surface area contributed by atoms with Crippen molar-refractivity contribution >= 4 is 11.9 Å². The van der Waals surface area contributed by atoms with Crippen molar-refractivity contribution in [3.8, 4) is 0 Å². The predicted octanol–water partition coefficient (Wildman–Crippen LogP) is 2.07. The van der Waals surface area contributed by atoms with Gasteiger partial charge >= 0.3 is 0 Å². The van der Waals surface area contributed by atoms with Gasteiger partial charge in [-0.15, -0.1) is 0 Å². The SMILES string of the molecule is Cc1ccccc1N=Cc1c(C)[nH][nH]c1=O. The van der Waals surface area contributed by atoms with Crippen molar-refractivity contribution in [3.63, 3.8) is 0 Å². The Morgan fingerprint density at radius 3 is 2.56 bits per heavy atom. The first kappa shape index (κ1) is 10.4. The van der Waals surface area contributed by atoms with Gasteiger partial charge in [-0.25, -0.2) is 0 Å². The highest BCUT2D eigenvalue weighted by molar-refractivity contribution is 5.83. The minimum atomic E-state index is -0.144. The Morgan fingerprint density at radius 1 is 1.19 bits per heavy atom. The predicted molar refractivity (Wildman–Crippen MR) is 64.6 cm³/mol. The lowest BCUT2D eigenvalue weighted by molar-refractivity contribution is 1.02. The molecule has 0 aliphatic rings. The molecule has 4 heteroatoms. The van der Waals surface area contributed by atoms with Gasteiger partial charge in [0.1, 0.15) is 0 Å². The normalized spacial score (nSPS) is 11.1. The number of aromatic nitrogens is 2. The number of aryl methyl sites for hydroxylation is 2. The first-order chi connectivity index (χ1) is 7.68. The van der Waals surface area contributed by atoms with E-state index in [0.29, 0.717) is 5.56 Å². The van der Waals surface area contributed by atoms with Crippen LogP contribution in [-0.2, 0) is 0 Å². The molecule has 2 aromatic rings. The molecule has 0 fully saturated rings. The summed E-state index contributed by atoms with van der Waals surface area (Å²) in [5.41, 5.74) is 3.19. The standard InChI is InChI=1S/C12H13N3O/c1-8-5-3-4-6-11(8)13-7-10-9(2)14-15-12(10)16/h3-7H,1-2H3,(H2,14,15,16). The molecule has 82 valence electrons. The Labute approximate surface area is 93.0 Å². The van der Waals surface area contributed by atoms with Gasteiger partial charge in [-0.05, 0) is 25.5 Å². The molecule has 1 aromatic carbocycles. The van der Waals surface area contributed by atoms with Crippen LogP contribution in [-0.4, -0.2) is 16.4 Å². The smallest absolute Gasteiger partial charge is 0.272 e. The summed E-state index contributed by atoms with van der Waals surface area (Å²) in [6.45, 7) is 3.82. The van der Waals surface area contributed by atoms with Crippen LogP contribution in [0.4, 0.5) is 5.69 Å². The molecule has 0 radical (unpaired) electrons. The quantitative estimate of drug-likeness (QED) is 0.740. The summed E-state index contributed by atoms with van der Waals surface area (Å²) >= 11 is 0. The maximum atomic E-state index is 11.4. The van der Waals surface area contributed by atoms with Crippen LogP contribution in [0.25, 0.3) is 0 Å². The Balaban J connectivity index is 2.36. The van der Waals surface area contributed by atoms with Crippen LogP contribution in [0.3, 0.4) is 0 Å². The Kier molecular flexibility index (Phi) is 2.72. The van der Waals surface area contributed by atoms with E-state index in [1.807, 2.05) is 38.1 Å². The summed E-state index contributed by atoms with van der Waals surface area (Å²) in [5.74, 6) is 0. The number of para-hydroxylation sites is 1. The van der Waals surface area contributed by atoms with E-state index in [1.165, 1.54) is 0 Å². The first-order valence-electron chi connectivity index (χ1n) is 5.05. The molecule has 0 spiro atoms. The van der Waals surface area contributed by atoms with Crippen molar-refractivity contribution < 1.29 is 0 Å². The van der Waals surface area contributed by atoms with Gasteiger partial charge in [-0.1, -0.05) is 18.2 Å². The number of rotatable bonds is 2. The third-order valence-electron chi connectivity index (χ3n) is 2.46. The molecule has 1 aromatic heterocycles. The topological polar surface area (TPSA) is 61.0 Å². The van der Waals surface area contributed by atoms with Gasteiger partial charge in [0.15, 0.2) is 0 Å². The molecule has 0 atom stereocenters. The average Bonchev–Trinajstić information content (AvgIpc) is 2.58. The molecule has 0 saturated heterocycles.